The Morgan fingerprint density at radius 2 is 1.47 bits per heavy atom. The molecule has 6 heteroatoms. The lowest BCUT2D eigenvalue weighted by Crippen LogP contribution is -2.75. The Hall–Kier alpha value is -4.58. The molecule has 3 aromatic carbocycles. The third-order valence-electron chi connectivity index (χ3n) is 7.31. The van der Waals surface area contributed by atoms with E-state index in [1.807, 2.05) is 97.9 Å². The molecule has 2 heterocycles. The van der Waals surface area contributed by atoms with Gasteiger partial charge in [0, 0.05) is 18.9 Å². The van der Waals surface area contributed by atoms with Crippen LogP contribution >= 0.6 is 0 Å². The van der Waals surface area contributed by atoms with Crippen LogP contribution in [0.25, 0.3) is 0 Å². The number of carbonyl (C=O) groups is 2. The van der Waals surface area contributed by atoms with Crippen LogP contribution in [0.4, 0.5) is 0 Å². The van der Waals surface area contributed by atoms with E-state index in [1.54, 1.807) is 29.6 Å². The number of β-lactam (4-membered cyclic amide) rings is 1. The summed E-state index contributed by atoms with van der Waals surface area (Å²) in [6.45, 7) is 6.31. The molecule has 1 aromatic heterocycles. The Kier molecular flexibility index (Phi) is 6.88. The Labute approximate surface area is 223 Å². The maximum absolute atomic E-state index is 14.9. The summed E-state index contributed by atoms with van der Waals surface area (Å²) in [7, 11) is 0. The number of carbonyl (C=O) groups excluding carboxylic acids is 2. The van der Waals surface area contributed by atoms with E-state index >= 15 is 0 Å². The van der Waals surface area contributed by atoms with Gasteiger partial charge in [0.05, 0.1) is 17.8 Å². The third kappa shape index (κ3) is 3.80. The maximum atomic E-state index is 14.9. The van der Waals surface area contributed by atoms with Gasteiger partial charge in [0.2, 0.25) is 5.91 Å². The molecule has 0 bridgehead atoms. The van der Waals surface area contributed by atoms with Crippen molar-refractivity contribution >= 4 is 11.8 Å². The molecular formula is C32H30N4O2. The SMILES string of the molecule is C=C[C@H]1C(=O)N(CCC)[C@]1(C(=O)NC(c1ccccc1)(c1ccccc1)c1ccccc1)c1cnccn1. The molecule has 4 aromatic rings. The van der Waals surface area contributed by atoms with Crippen molar-refractivity contribution in [2.75, 3.05) is 6.54 Å². The summed E-state index contributed by atoms with van der Waals surface area (Å²) in [5, 5.41) is 3.45. The van der Waals surface area contributed by atoms with Crippen molar-refractivity contribution in [3.05, 3.63) is 145 Å². The van der Waals surface area contributed by atoms with Crippen molar-refractivity contribution in [1.29, 1.82) is 0 Å². The zero-order valence-corrected chi connectivity index (χ0v) is 21.3. The summed E-state index contributed by atoms with van der Waals surface area (Å²) in [5.41, 5.74) is 0.664. The molecule has 1 fully saturated rings. The molecule has 0 aliphatic carbocycles. The normalized spacial score (nSPS) is 18.9. The van der Waals surface area contributed by atoms with Crippen LogP contribution in [0, 0.1) is 5.92 Å². The van der Waals surface area contributed by atoms with Gasteiger partial charge in [-0.3, -0.25) is 19.6 Å². The number of likely N-dealkylation sites (tertiary alicyclic amines) is 1. The molecule has 0 unspecified atom stereocenters. The highest BCUT2D eigenvalue weighted by atomic mass is 16.2. The number of nitrogens with zero attached hydrogens (tertiary/aromatic N) is 3. The maximum Gasteiger partial charge on any atom is 0.254 e. The van der Waals surface area contributed by atoms with Crippen molar-refractivity contribution in [2.45, 2.75) is 24.4 Å². The number of hydrogen-bond donors (Lipinski definition) is 1. The second-order valence-electron chi connectivity index (χ2n) is 9.36. The monoisotopic (exact) mass is 502 g/mol. The predicted molar refractivity (Wildman–Crippen MR) is 147 cm³/mol. The lowest BCUT2D eigenvalue weighted by atomic mass is 9.68. The van der Waals surface area contributed by atoms with E-state index in [4.69, 9.17) is 0 Å². The van der Waals surface area contributed by atoms with Crippen LogP contribution in [0.5, 0.6) is 0 Å². The van der Waals surface area contributed by atoms with Gasteiger partial charge in [0.1, 0.15) is 5.54 Å². The smallest absolute Gasteiger partial charge is 0.254 e. The minimum Gasteiger partial charge on any atom is -0.336 e. The average Bonchev–Trinajstić information content (AvgIpc) is 2.99. The fourth-order valence-corrected chi connectivity index (χ4v) is 5.62. The molecule has 0 radical (unpaired) electrons. The number of rotatable bonds is 9. The van der Waals surface area contributed by atoms with E-state index < -0.39 is 17.0 Å². The summed E-state index contributed by atoms with van der Waals surface area (Å²) in [5.74, 6) is -1.26. The second-order valence-corrected chi connectivity index (χ2v) is 9.36. The number of aromatic nitrogens is 2. The molecule has 6 nitrogen and oxygen atoms in total. The first-order chi connectivity index (χ1) is 18.6. The molecule has 38 heavy (non-hydrogen) atoms. The van der Waals surface area contributed by atoms with Crippen molar-refractivity contribution < 1.29 is 9.59 Å². The van der Waals surface area contributed by atoms with Crippen LogP contribution in [0.15, 0.2) is 122 Å². The highest BCUT2D eigenvalue weighted by molar-refractivity contribution is 6.05. The highest BCUT2D eigenvalue weighted by Gasteiger charge is 2.66. The molecule has 1 aliphatic rings. The van der Waals surface area contributed by atoms with E-state index in [9.17, 15) is 9.59 Å². The average molecular weight is 503 g/mol. The van der Waals surface area contributed by atoms with Crippen LogP contribution in [0.3, 0.4) is 0 Å². The zero-order valence-electron chi connectivity index (χ0n) is 21.3. The van der Waals surface area contributed by atoms with Gasteiger partial charge in [0.25, 0.3) is 5.91 Å². The molecule has 2 atom stereocenters. The summed E-state index contributed by atoms with van der Waals surface area (Å²) in [6.07, 6.45) is 6.92. The van der Waals surface area contributed by atoms with Crippen molar-refractivity contribution in [3.63, 3.8) is 0 Å². The topological polar surface area (TPSA) is 75.2 Å². The first-order valence-electron chi connectivity index (χ1n) is 12.8. The van der Waals surface area contributed by atoms with Crippen molar-refractivity contribution in [3.8, 4) is 0 Å². The van der Waals surface area contributed by atoms with Gasteiger partial charge >= 0.3 is 0 Å². The van der Waals surface area contributed by atoms with Gasteiger partial charge in [-0.05, 0) is 23.1 Å². The van der Waals surface area contributed by atoms with Crippen molar-refractivity contribution in [2.24, 2.45) is 5.92 Å². The summed E-state index contributed by atoms with van der Waals surface area (Å²) >= 11 is 0. The Morgan fingerprint density at radius 3 is 1.89 bits per heavy atom. The lowest BCUT2D eigenvalue weighted by molar-refractivity contribution is -0.177. The number of hydrogen-bond acceptors (Lipinski definition) is 4. The molecule has 0 saturated carbocycles. The highest BCUT2D eigenvalue weighted by Crippen LogP contribution is 2.48. The standard InChI is InChI=1S/C32H30N4O2/c1-3-22-36-29(37)27(4-2)32(36,28-23-33-20-21-34-28)30(38)35-31(24-14-8-5-9-15-24,25-16-10-6-11-17-25)26-18-12-7-13-19-26/h4-21,23,27H,2-3,22H2,1H3,(H,35,38)/t27-,32-/m0/s1. The molecule has 1 aliphatic heterocycles. The molecule has 2 amide bonds. The fraction of sp³-hybridized carbons (Fsp3) is 0.188. The first-order valence-corrected chi connectivity index (χ1v) is 12.8. The zero-order chi connectivity index (χ0) is 26.6. The Balaban J connectivity index is 1.76. The van der Waals surface area contributed by atoms with E-state index in [1.165, 1.54) is 0 Å². The molecule has 0 spiro atoms. The summed E-state index contributed by atoms with van der Waals surface area (Å²) in [4.78, 5) is 38.6. The quantitative estimate of drug-likeness (QED) is 0.202. The first kappa shape index (κ1) is 25.1. The van der Waals surface area contributed by atoms with Crippen LogP contribution < -0.4 is 5.32 Å². The van der Waals surface area contributed by atoms with Gasteiger partial charge in [-0.25, -0.2) is 0 Å². The predicted octanol–water partition coefficient (Wildman–Crippen LogP) is 4.83. The van der Waals surface area contributed by atoms with Crippen molar-refractivity contribution in [1.82, 2.24) is 20.2 Å². The molecule has 5 rings (SSSR count). The van der Waals surface area contributed by atoms with Gasteiger partial charge in [-0.15, -0.1) is 6.58 Å². The Morgan fingerprint density at radius 1 is 0.947 bits per heavy atom. The lowest BCUT2D eigenvalue weighted by Gasteiger charge is -2.55. The minimum atomic E-state index is -1.38. The summed E-state index contributed by atoms with van der Waals surface area (Å²) < 4.78 is 0. The van der Waals surface area contributed by atoms with E-state index in [2.05, 4.69) is 21.9 Å². The van der Waals surface area contributed by atoms with Crippen LogP contribution in [-0.4, -0.2) is 33.2 Å². The minimum absolute atomic E-state index is 0.146. The number of nitrogens with one attached hydrogen (secondary N) is 1. The summed E-state index contributed by atoms with van der Waals surface area (Å²) in [6, 6.07) is 29.7. The van der Waals surface area contributed by atoms with Crippen LogP contribution in [0.1, 0.15) is 35.7 Å². The second kappa shape index (κ2) is 10.4. The number of benzene rings is 3. The van der Waals surface area contributed by atoms with Gasteiger partial charge < -0.3 is 10.2 Å². The molecular weight excluding hydrogens is 472 g/mol. The van der Waals surface area contributed by atoms with E-state index in [-0.39, 0.29) is 11.8 Å². The molecule has 1 N–H and O–H groups in total. The van der Waals surface area contributed by atoms with Gasteiger partial charge in [-0.1, -0.05) is 104 Å². The fourth-order valence-electron chi connectivity index (χ4n) is 5.62. The Bertz CT molecular complexity index is 1310. The molecule has 190 valence electrons. The van der Waals surface area contributed by atoms with E-state index in [0.717, 1.165) is 16.7 Å². The van der Waals surface area contributed by atoms with Gasteiger partial charge in [0.15, 0.2) is 5.54 Å². The largest absolute Gasteiger partial charge is 0.336 e. The number of amides is 2. The third-order valence-corrected chi connectivity index (χ3v) is 7.31. The van der Waals surface area contributed by atoms with Gasteiger partial charge in [-0.2, -0.15) is 0 Å². The van der Waals surface area contributed by atoms with Crippen LogP contribution in [-0.2, 0) is 20.7 Å². The van der Waals surface area contributed by atoms with Crippen LogP contribution in [0.2, 0.25) is 0 Å². The van der Waals surface area contributed by atoms with E-state index in [0.29, 0.717) is 18.7 Å². The molecule has 1 saturated heterocycles.